The van der Waals surface area contributed by atoms with Gasteiger partial charge < -0.3 is 20.1 Å². The first-order valence-electron chi connectivity index (χ1n) is 9.50. The van der Waals surface area contributed by atoms with Gasteiger partial charge >= 0.3 is 6.09 Å². The van der Waals surface area contributed by atoms with E-state index >= 15 is 0 Å². The Balaban J connectivity index is 1.47. The third kappa shape index (κ3) is 4.51. The van der Waals surface area contributed by atoms with E-state index in [1.165, 1.54) is 11.1 Å². The number of H-pyrrole nitrogens is 1. The van der Waals surface area contributed by atoms with E-state index < -0.39 is 24.4 Å². The number of carbonyl (C=O) groups excluding carboxylic acids is 2. The van der Waals surface area contributed by atoms with Crippen LogP contribution in [0.1, 0.15) is 15.2 Å². The van der Waals surface area contributed by atoms with Crippen molar-refractivity contribution >= 4 is 52.2 Å². The van der Waals surface area contributed by atoms with E-state index in [4.69, 9.17) is 27.9 Å². The van der Waals surface area contributed by atoms with Crippen molar-refractivity contribution in [1.29, 1.82) is 0 Å². The molecule has 166 valence electrons. The summed E-state index contributed by atoms with van der Waals surface area (Å²) in [6.45, 7) is -0.0605. The molecule has 1 saturated heterocycles. The molecule has 0 spiro atoms. The van der Waals surface area contributed by atoms with Crippen LogP contribution in [-0.2, 0) is 11.3 Å². The van der Waals surface area contributed by atoms with Crippen LogP contribution >= 0.6 is 34.5 Å². The van der Waals surface area contributed by atoms with Crippen molar-refractivity contribution in [1.82, 2.24) is 10.3 Å². The van der Waals surface area contributed by atoms with E-state index in [0.717, 1.165) is 11.3 Å². The van der Waals surface area contributed by atoms with Crippen LogP contribution in [0.25, 0.3) is 11.1 Å². The maximum Gasteiger partial charge on any atom is 0.414 e. The van der Waals surface area contributed by atoms with Gasteiger partial charge in [-0.3, -0.25) is 14.5 Å². The van der Waals surface area contributed by atoms with Gasteiger partial charge in [-0.15, -0.1) is 11.3 Å². The maximum atomic E-state index is 12.4. The van der Waals surface area contributed by atoms with Gasteiger partial charge in [0.1, 0.15) is 6.10 Å². The lowest BCUT2D eigenvalue weighted by molar-refractivity contribution is 0.0920. The molecule has 1 aromatic carbocycles. The predicted molar refractivity (Wildman–Crippen MR) is 123 cm³/mol. The quantitative estimate of drug-likeness (QED) is 0.485. The average Bonchev–Trinajstić information content (AvgIpc) is 3.37. The van der Waals surface area contributed by atoms with Crippen LogP contribution in [0.4, 0.5) is 10.5 Å². The van der Waals surface area contributed by atoms with Crippen LogP contribution < -0.4 is 15.8 Å². The summed E-state index contributed by atoms with van der Waals surface area (Å²) in [7, 11) is 0. The van der Waals surface area contributed by atoms with Gasteiger partial charge in [-0.05, 0) is 35.9 Å². The molecule has 3 N–H and O–H groups in total. The third-order valence-corrected chi connectivity index (χ3v) is 6.48. The maximum absolute atomic E-state index is 12.4. The number of hydrogen-bond acceptors (Lipinski definition) is 6. The molecule has 0 unspecified atom stereocenters. The number of nitrogens with one attached hydrogen (secondary N) is 2. The summed E-state index contributed by atoms with van der Waals surface area (Å²) in [6, 6.07) is 9.86. The molecule has 3 heterocycles. The van der Waals surface area contributed by atoms with E-state index in [1.807, 2.05) is 0 Å². The minimum Gasteiger partial charge on any atom is -0.442 e. The molecule has 0 bridgehead atoms. The average molecular weight is 494 g/mol. The monoisotopic (exact) mass is 493 g/mol. The van der Waals surface area contributed by atoms with Crippen LogP contribution in [0.5, 0.6) is 0 Å². The number of hydrogen-bond donors (Lipinski definition) is 3. The van der Waals surface area contributed by atoms with Gasteiger partial charge in [-0.2, -0.15) is 0 Å². The molecule has 0 aliphatic carbocycles. The number of aromatic nitrogens is 1. The second-order valence-electron chi connectivity index (χ2n) is 6.95. The van der Waals surface area contributed by atoms with Gasteiger partial charge in [0.25, 0.3) is 11.5 Å². The van der Waals surface area contributed by atoms with Crippen molar-refractivity contribution in [3.63, 3.8) is 0 Å². The zero-order valence-corrected chi connectivity index (χ0v) is 18.8. The number of amides is 2. The lowest BCUT2D eigenvalue weighted by Gasteiger charge is -2.16. The van der Waals surface area contributed by atoms with Crippen LogP contribution in [0.15, 0.2) is 47.4 Å². The topological polar surface area (TPSA) is 112 Å². The van der Waals surface area contributed by atoms with Crippen LogP contribution in [0.2, 0.25) is 9.36 Å². The minimum absolute atomic E-state index is 0.148. The second-order valence-corrected chi connectivity index (χ2v) is 9.07. The highest BCUT2D eigenvalue weighted by Gasteiger charge is 2.33. The Hall–Kier alpha value is -2.85. The number of aliphatic hydroxyl groups excluding tert-OH is 1. The summed E-state index contributed by atoms with van der Waals surface area (Å²) in [5.74, 6) is -0.290. The molecule has 8 nitrogen and oxygen atoms in total. The zero-order chi connectivity index (χ0) is 22.8. The van der Waals surface area contributed by atoms with Gasteiger partial charge in [0.2, 0.25) is 0 Å². The van der Waals surface area contributed by atoms with Crippen molar-refractivity contribution in [3.8, 4) is 11.1 Å². The van der Waals surface area contributed by atoms with Gasteiger partial charge in [0.05, 0.1) is 39.5 Å². The Morgan fingerprint density at radius 2 is 2.03 bits per heavy atom. The van der Waals surface area contributed by atoms with Gasteiger partial charge in [0, 0.05) is 17.4 Å². The number of aliphatic hydroxyl groups is 1. The molecule has 0 radical (unpaired) electrons. The standard InChI is InChI=1S/C21H17Cl2N3O5S/c22-16-7-11(1-2-14(16)13-5-6-24-19(28)15(13)10-27)26-9-12(31-21(26)30)8-25-20(29)17-3-4-18(23)32-17/h1-7,12,27H,8-10H2,(H,24,28)(H,25,29)/t12-/m0/s1. The lowest BCUT2D eigenvalue weighted by Crippen LogP contribution is -2.34. The number of aromatic amines is 1. The number of pyridine rings is 1. The molecule has 1 atom stereocenters. The van der Waals surface area contributed by atoms with Crippen LogP contribution in [-0.4, -0.2) is 41.3 Å². The van der Waals surface area contributed by atoms with Crippen molar-refractivity contribution in [2.24, 2.45) is 0 Å². The molecule has 2 amide bonds. The van der Waals surface area contributed by atoms with Crippen molar-refractivity contribution in [3.05, 3.63) is 72.7 Å². The Bertz CT molecular complexity index is 1240. The third-order valence-electron chi connectivity index (χ3n) is 4.94. The SMILES string of the molecule is O=C(NC[C@H]1CN(c2ccc(-c3cc[nH]c(=O)c3CO)c(Cl)c2)C(=O)O1)c1ccc(Cl)s1. The Labute approximate surface area is 196 Å². The molecule has 2 aromatic heterocycles. The summed E-state index contributed by atoms with van der Waals surface area (Å²) in [4.78, 5) is 40.9. The van der Waals surface area contributed by atoms with E-state index in [9.17, 15) is 19.5 Å². The molecule has 32 heavy (non-hydrogen) atoms. The number of rotatable bonds is 6. The summed E-state index contributed by atoms with van der Waals surface area (Å²) >= 11 is 13.5. The summed E-state index contributed by atoms with van der Waals surface area (Å²) < 4.78 is 5.87. The molecule has 1 aliphatic rings. The van der Waals surface area contributed by atoms with E-state index in [-0.39, 0.29) is 24.6 Å². The number of thiophene rings is 1. The van der Waals surface area contributed by atoms with E-state index in [1.54, 1.807) is 36.4 Å². The zero-order valence-electron chi connectivity index (χ0n) is 16.4. The van der Waals surface area contributed by atoms with Crippen molar-refractivity contribution < 1.29 is 19.4 Å². The second kappa shape index (κ2) is 9.33. The first-order chi connectivity index (χ1) is 15.4. The predicted octanol–water partition coefficient (Wildman–Crippen LogP) is 3.66. The van der Waals surface area contributed by atoms with E-state index in [2.05, 4.69) is 10.3 Å². The number of ether oxygens (including phenoxy) is 1. The normalized spacial score (nSPS) is 15.7. The Morgan fingerprint density at radius 1 is 1.22 bits per heavy atom. The van der Waals surface area contributed by atoms with Crippen LogP contribution in [0, 0.1) is 0 Å². The Kier molecular flexibility index (Phi) is 6.52. The molecule has 0 saturated carbocycles. The molecular formula is C21H17Cl2N3O5S. The first kappa shape index (κ1) is 22.3. The number of cyclic esters (lactones) is 1. The largest absolute Gasteiger partial charge is 0.442 e. The fourth-order valence-electron chi connectivity index (χ4n) is 3.38. The van der Waals surface area contributed by atoms with Gasteiger partial charge in [-0.25, -0.2) is 4.79 Å². The highest BCUT2D eigenvalue weighted by molar-refractivity contribution is 7.18. The molecular weight excluding hydrogens is 477 g/mol. The first-order valence-corrected chi connectivity index (χ1v) is 11.1. The molecule has 1 fully saturated rings. The molecule has 1 aliphatic heterocycles. The molecule has 11 heteroatoms. The molecule has 3 aromatic rings. The fourth-order valence-corrected chi connectivity index (χ4v) is 4.62. The summed E-state index contributed by atoms with van der Waals surface area (Å²) in [6.07, 6.45) is 0.385. The fraction of sp³-hybridized carbons (Fsp3) is 0.190. The number of carbonyl (C=O) groups is 2. The Morgan fingerprint density at radius 3 is 2.72 bits per heavy atom. The number of anilines is 1. The number of halogens is 2. The smallest absolute Gasteiger partial charge is 0.414 e. The summed E-state index contributed by atoms with van der Waals surface area (Å²) in [5, 5.41) is 12.6. The number of benzene rings is 1. The lowest BCUT2D eigenvalue weighted by atomic mass is 10.0. The van der Waals surface area contributed by atoms with Gasteiger partial charge in [0.15, 0.2) is 0 Å². The number of nitrogens with zero attached hydrogens (tertiary/aromatic N) is 1. The highest BCUT2D eigenvalue weighted by atomic mass is 35.5. The highest BCUT2D eigenvalue weighted by Crippen LogP contribution is 2.34. The summed E-state index contributed by atoms with van der Waals surface area (Å²) in [5.41, 5.74) is 1.37. The van der Waals surface area contributed by atoms with Gasteiger partial charge in [-0.1, -0.05) is 29.3 Å². The van der Waals surface area contributed by atoms with E-state index in [0.29, 0.717) is 31.1 Å². The molecule has 4 rings (SSSR count). The van der Waals surface area contributed by atoms with Crippen molar-refractivity contribution in [2.75, 3.05) is 18.0 Å². The van der Waals surface area contributed by atoms with Crippen molar-refractivity contribution in [2.45, 2.75) is 12.7 Å². The minimum atomic E-state index is -0.556. The van der Waals surface area contributed by atoms with Crippen LogP contribution in [0.3, 0.4) is 0 Å².